The van der Waals surface area contributed by atoms with Crippen molar-refractivity contribution in [2.75, 3.05) is 6.54 Å². The Hall–Kier alpha value is -0.760. The maximum atomic E-state index is 5.49. The molecule has 0 amide bonds. The van der Waals surface area contributed by atoms with Crippen molar-refractivity contribution in [3.63, 3.8) is 0 Å². The number of furan rings is 1. The molecular weight excluding hydrogens is 162 g/mol. The van der Waals surface area contributed by atoms with E-state index in [0.717, 1.165) is 18.9 Å². The standard InChI is InChI=1S/C11H15NO/c1-11(8-2-3-8)9-5-7-13-10(9)4-6-12-11/h5,7-8,12H,2-4,6H2,1H3. The third-order valence-corrected chi connectivity index (χ3v) is 3.54. The molecule has 0 bridgehead atoms. The van der Waals surface area contributed by atoms with E-state index >= 15 is 0 Å². The molecule has 1 atom stereocenters. The van der Waals surface area contributed by atoms with Crippen molar-refractivity contribution in [1.82, 2.24) is 5.32 Å². The van der Waals surface area contributed by atoms with Crippen molar-refractivity contribution in [3.8, 4) is 0 Å². The lowest BCUT2D eigenvalue weighted by molar-refractivity contribution is 0.287. The summed E-state index contributed by atoms with van der Waals surface area (Å²) in [4.78, 5) is 0. The Morgan fingerprint density at radius 2 is 2.38 bits per heavy atom. The van der Waals surface area contributed by atoms with E-state index in [9.17, 15) is 0 Å². The van der Waals surface area contributed by atoms with Crippen LogP contribution < -0.4 is 5.32 Å². The number of rotatable bonds is 1. The van der Waals surface area contributed by atoms with Crippen LogP contribution in [0.5, 0.6) is 0 Å². The third kappa shape index (κ3) is 0.983. The molecule has 2 heterocycles. The Labute approximate surface area is 78.3 Å². The molecule has 2 nitrogen and oxygen atoms in total. The Morgan fingerprint density at radius 1 is 1.54 bits per heavy atom. The van der Waals surface area contributed by atoms with Gasteiger partial charge < -0.3 is 9.73 Å². The number of hydrogen-bond donors (Lipinski definition) is 1. The summed E-state index contributed by atoms with van der Waals surface area (Å²) < 4.78 is 5.49. The fourth-order valence-electron chi connectivity index (χ4n) is 2.55. The molecule has 1 aromatic rings. The Morgan fingerprint density at radius 3 is 3.15 bits per heavy atom. The van der Waals surface area contributed by atoms with E-state index in [1.54, 1.807) is 0 Å². The molecule has 70 valence electrons. The van der Waals surface area contributed by atoms with Gasteiger partial charge in [-0.2, -0.15) is 0 Å². The van der Waals surface area contributed by atoms with Crippen LogP contribution in [-0.4, -0.2) is 6.54 Å². The van der Waals surface area contributed by atoms with Crippen molar-refractivity contribution >= 4 is 0 Å². The summed E-state index contributed by atoms with van der Waals surface area (Å²) in [6.07, 6.45) is 5.62. The van der Waals surface area contributed by atoms with E-state index in [1.165, 1.54) is 24.2 Å². The average Bonchev–Trinajstić information content (AvgIpc) is 2.86. The quantitative estimate of drug-likeness (QED) is 0.710. The summed E-state index contributed by atoms with van der Waals surface area (Å²) >= 11 is 0. The summed E-state index contributed by atoms with van der Waals surface area (Å²) in [5.74, 6) is 2.04. The lowest BCUT2D eigenvalue weighted by Crippen LogP contribution is -2.46. The van der Waals surface area contributed by atoms with Crippen LogP contribution in [0.2, 0.25) is 0 Å². The fraction of sp³-hybridized carbons (Fsp3) is 0.636. The zero-order chi connectivity index (χ0) is 8.89. The van der Waals surface area contributed by atoms with Gasteiger partial charge in [-0.15, -0.1) is 0 Å². The predicted octanol–water partition coefficient (Wildman–Crippen LogP) is 2.05. The first-order valence-electron chi connectivity index (χ1n) is 5.12. The minimum Gasteiger partial charge on any atom is -0.469 e. The first-order valence-corrected chi connectivity index (χ1v) is 5.12. The SMILES string of the molecule is CC1(C2CC2)NCCc2occc21. The lowest BCUT2D eigenvalue weighted by atomic mass is 9.84. The maximum Gasteiger partial charge on any atom is 0.110 e. The number of fused-ring (bicyclic) bond motifs is 1. The monoisotopic (exact) mass is 177 g/mol. The first-order chi connectivity index (χ1) is 6.31. The molecule has 1 N–H and O–H groups in total. The van der Waals surface area contributed by atoms with Gasteiger partial charge in [0.05, 0.1) is 6.26 Å². The molecule has 1 saturated carbocycles. The molecule has 13 heavy (non-hydrogen) atoms. The van der Waals surface area contributed by atoms with Crippen LogP contribution in [0.3, 0.4) is 0 Å². The van der Waals surface area contributed by atoms with Gasteiger partial charge in [0, 0.05) is 24.1 Å². The van der Waals surface area contributed by atoms with E-state index in [1.807, 2.05) is 6.26 Å². The van der Waals surface area contributed by atoms with Crippen molar-refractivity contribution in [1.29, 1.82) is 0 Å². The minimum absolute atomic E-state index is 0.209. The summed E-state index contributed by atoms with van der Waals surface area (Å²) in [6, 6.07) is 2.14. The Balaban J connectivity index is 2.07. The number of hydrogen-bond acceptors (Lipinski definition) is 2. The Kier molecular flexibility index (Phi) is 1.40. The van der Waals surface area contributed by atoms with E-state index < -0.39 is 0 Å². The van der Waals surface area contributed by atoms with Crippen LogP contribution in [0.25, 0.3) is 0 Å². The second-order valence-electron chi connectivity index (χ2n) is 4.41. The second-order valence-corrected chi connectivity index (χ2v) is 4.41. The van der Waals surface area contributed by atoms with E-state index in [4.69, 9.17) is 4.42 Å². The van der Waals surface area contributed by atoms with Crippen LogP contribution in [0, 0.1) is 5.92 Å². The highest BCUT2D eigenvalue weighted by molar-refractivity contribution is 5.31. The average molecular weight is 177 g/mol. The molecule has 1 aliphatic heterocycles. The normalized spacial score (nSPS) is 33.0. The van der Waals surface area contributed by atoms with E-state index in [2.05, 4.69) is 18.3 Å². The highest BCUT2D eigenvalue weighted by Crippen LogP contribution is 2.47. The third-order valence-electron chi connectivity index (χ3n) is 3.54. The summed E-state index contributed by atoms with van der Waals surface area (Å²) in [5, 5.41) is 3.64. The number of nitrogens with one attached hydrogen (secondary N) is 1. The van der Waals surface area contributed by atoms with Gasteiger partial charge >= 0.3 is 0 Å². The predicted molar refractivity (Wildman–Crippen MR) is 50.5 cm³/mol. The molecule has 1 aliphatic carbocycles. The molecular formula is C11H15NO. The highest BCUT2D eigenvalue weighted by atomic mass is 16.3. The Bertz CT molecular complexity index is 327. The smallest absolute Gasteiger partial charge is 0.110 e. The van der Waals surface area contributed by atoms with Gasteiger partial charge in [-0.3, -0.25) is 0 Å². The fourth-order valence-corrected chi connectivity index (χ4v) is 2.55. The molecule has 0 spiro atoms. The second kappa shape index (κ2) is 2.38. The van der Waals surface area contributed by atoms with Crippen molar-refractivity contribution in [2.45, 2.75) is 31.7 Å². The van der Waals surface area contributed by atoms with E-state index in [-0.39, 0.29) is 5.54 Å². The molecule has 3 rings (SSSR count). The summed E-state index contributed by atoms with van der Waals surface area (Å²) in [6.45, 7) is 3.38. The van der Waals surface area contributed by atoms with Gasteiger partial charge in [-0.25, -0.2) is 0 Å². The zero-order valence-electron chi connectivity index (χ0n) is 7.97. The van der Waals surface area contributed by atoms with Crippen molar-refractivity contribution < 1.29 is 4.42 Å². The van der Waals surface area contributed by atoms with Gasteiger partial charge in [0.2, 0.25) is 0 Å². The van der Waals surface area contributed by atoms with Crippen molar-refractivity contribution in [2.24, 2.45) is 5.92 Å². The lowest BCUT2D eigenvalue weighted by Gasteiger charge is -2.34. The van der Waals surface area contributed by atoms with Gasteiger partial charge in [-0.1, -0.05) is 0 Å². The molecule has 2 aliphatic rings. The minimum atomic E-state index is 0.209. The van der Waals surface area contributed by atoms with Crippen molar-refractivity contribution in [3.05, 3.63) is 23.7 Å². The summed E-state index contributed by atoms with van der Waals surface area (Å²) in [5.41, 5.74) is 1.61. The molecule has 0 aromatic carbocycles. The highest BCUT2D eigenvalue weighted by Gasteiger charge is 2.45. The van der Waals surface area contributed by atoms with Crippen LogP contribution in [0.4, 0.5) is 0 Å². The largest absolute Gasteiger partial charge is 0.469 e. The first kappa shape index (κ1) is 7.63. The van der Waals surface area contributed by atoms with Gasteiger partial charge in [-0.05, 0) is 31.7 Å². The zero-order valence-corrected chi connectivity index (χ0v) is 7.97. The van der Waals surface area contributed by atoms with Crippen LogP contribution in [0.1, 0.15) is 31.1 Å². The van der Waals surface area contributed by atoms with Gasteiger partial charge in [0.1, 0.15) is 5.76 Å². The molecule has 0 saturated heterocycles. The van der Waals surface area contributed by atoms with Crippen LogP contribution >= 0.6 is 0 Å². The molecule has 1 unspecified atom stereocenters. The van der Waals surface area contributed by atoms with Crippen LogP contribution in [-0.2, 0) is 12.0 Å². The molecule has 1 aromatic heterocycles. The molecule has 0 radical (unpaired) electrons. The van der Waals surface area contributed by atoms with Gasteiger partial charge in [0.15, 0.2) is 0 Å². The van der Waals surface area contributed by atoms with E-state index in [0.29, 0.717) is 0 Å². The van der Waals surface area contributed by atoms with Gasteiger partial charge in [0.25, 0.3) is 0 Å². The maximum absolute atomic E-state index is 5.49. The summed E-state index contributed by atoms with van der Waals surface area (Å²) in [7, 11) is 0. The molecule has 2 heteroatoms. The topological polar surface area (TPSA) is 25.2 Å². The van der Waals surface area contributed by atoms with Crippen LogP contribution in [0.15, 0.2) is 16.7 Å². The molecule has 1 fully saturated rings.